The minimum absolute atomic E-state index is 0.0452. The van der Waals surface area contributed by atoms with E-state index in [1.54, 1.807) is 11.0 Å². The van der Waals surface area contributed by atoms with E-state index in [9.17, 15) is 24.6 Å². The molecule has 9 heteroatoms. The Hall–Kier alpha value is -1.06. The van der Waals surface area contributed by atoms with Crippen LogP contribution in [0, 0.1) is 23.2 Å². The van der Waals surface area contributed by atoms with Gasteiger partial charge in [-0.15, -0.1) is 18.3 Å². The Balaban J connectivity index is 2.17. The molecule has 2 N–H and O–H groups in total. The Morgan fingerprint density at radius 1 is 1.31 bits per heavy atom. The van der Waals surface area contributed by atoms with E-state index in [0.29, 0.717) is 19.4 Å². The number of carbonyl (C=O) groups excluding carboxylic acids is 2. The molecule has 7 nitrogen and oxygen atoms in total. The maximum Gasteiger partial charge on any atom is 0.308 e. The molecule has 3 aliphatic heterocycles. The number of halogens is 1. The van der Waals surface area contributed by atoms with Crippen molar-refractivity contribution in [1.82, 2.24) is 9.80 Å². The molecule has 3 unspecified atom stereocenters. The number of carboxylic acid groups (broad SMARTS) is 1. The second kappa shape index (κ2) is 10.3. The van der Waals surface area contributed by atoms with Gasteiger partial charge in [-0.1, -0.05) is 56.6 Å². The smallest absolute Gasteiger partial charge is 0.308 e. The van der Waals surface area contributed by atoms with Gasteiger partial charge in [0.2, 0.25) is 11.8 Å². The van der Waals surface area contributed by atoms with Gasteiger partial charge in [0.25, 0.3) is 0 Å². The summed E-state index contributed by atoms with van der Waals surface area (Å²) in [6.07, 6.45) is 3.52. The summed E-state index contributed by atoms with van der Waals surface area (Å²) in [5.74, 6) is -2.94. The van der Waals surface area contributed by atoms with Crippen LogP contribution in [0.2, 0.25) is 0 Å². The number of amides is 2. The van der Waals surface area contributed by atoms with Crippen molar-refractivity contribution in [3.63, 3.8) is 0 Å². The maximum atomic E-state index is 14.7. The van der Waals surface area contributed by atoms with Gasteiger partial charge in [0, 0.05) is 22.2 Å². The van der Waals surface area contributed by atoms with Crippen LogP contribution in [0.3, 0.4) is 0 Å². The molecule has 0 radical (unpaired) electrons. The number of hydrogen-bond donors (Lipinski definition) is 2. The number of thioether (sulfide) groups is 1. The van der Waals surface area contributed by atoms with Crippen LogP contribution < -0.4 is 0 Å². The van der Waals surface area contributed by atoms with Crippen molar-refractivity contribution >= 4 is 45.5 Å². The van der Waals surface area contributed by atoms with E-state index in [0.717, 1.165) is 6.42 Å². The molecular formula is C27H43BrN2O5S. The van der Waals surface area contributed by atoms with Crippen LogP contribution in [0.1, 0.15) is 67.7 Å². The summed E-state index contributed by atoms with van der Waals surface area (Å²) in [5.41, 5.74) is -0.572. The largest absolute Gasteiger partial charge is 0.481 e. The fraction of sp³-hybridized carbons (Fsp3) is 0.815. The predicted octanol–water partition coefficient (Wildman–Crippen LogP) is 4.17. The van der Waals surface area contributed by atoms with Crippen molar-refractivity contribution in [3.8, 4) is 0 Å². The van der Waals surface area contributed by atoms with Gasteiger partial charge >= 0.3 is 5.97 Å². The maximum absolute atomic E-state index is 14.7. The fourth-order valence-corrected chi connectivity index (χ4v) is 10.7. The normalized spacial score (nSPS) is 32.7. The highest BCUT2D eigenvalue weighted by molar-refractivity contribution is 9.09. The summed E-state index contributed by atoms with van der Waals surface area (Å²) >= 11 is 5.19. The molecule has 0 saturated carbocycles. The molecule has 3 aliphatic rings. The molecule has 204 valence electrons. The molecular weight excluding hydrogens is 544 g/mol. The lowest BCUT2D eigenvalue weighted by Gasteiger charge is -2.47. The zero-order valence-electron chi connectivity index (χ0n) is 22.7. The fourth-order valence-electron chi connectivity index (χ4n) is 7.15. The molecule has 3 heterocycles. The number of aliphatic hydroxyl groups is 1. The highest BCUT2D eigenvalue weighted by atomic mass is 79.9. The minimum Gasteiger partial charge on any atom is -0.481 e. The first-order valence-electron chi connectivity index (χ1n) is 12.9. The van der Waals surface area contributed by atoms with Gasteiger partial charge in [-0.05, 0) is 44.4 Å². The van der Waals surface area contributed by atoms with E-state index < -0.39 is 40.2 Å². The van der Waals surface area contributed by atoms with Crippen molar-refractivity contribution in [2.24, 2.45) is 23.2 Å². The molecule has 7 atom stereocenters. The van der Waals surface area contributed by atoms with E-state index in [2.05, 4.69) is 43.3 Å². The van der Waals surface area contributed by atoms with Crippen molar-refractivity contribution in [1.29, 1.82) is 0 Å². The summed E-state index contributed by atoms with van der Waals surface area (Å²) in [4.78, 5) is 44.5. The quantitative estimate of drug-likeness (QED) is 0.294. The summed E-state index contributed by atoms with van der Waals surface area (Å²) in [6, 6.07) is -1.39. The number of aliphatic carboxylic acids is 1. The van der Waals surface area contributed by atoms with Gasteiger partial charge in [-0.3, -0.25) is 14.4 Å². The minimum atomic E-state index is -0.995. The van der Waals surface area contributed by atoms with E-state index in [-0.39, 0.29) is 39.8 Å². The SMILES string of the molecule is C=CCN(C(=O)C1N([C@@H](CO)CC(C)C)C(=O)[C@@H]2[C@@H](C(=O)O)[C@@H]3SC12CC3Br)C(C)(C)CC(C)(C)C. The number of aliphatic hydroxyl groups excluding tert-OH is 1. The molecule has 0 aromatic rings. The number of alkyl halides is 1. The summed E-state index contributed by atoms with van der Waals surface area (Å²) in [6.45, 7) is 18.5. The van der Waals surface area contributed by atoms with Gasteiger partial charge in [0.05, 0.1) is 29.2 Å². The molecule has 0 aromatic carbocycles. The van der Waals surface area contributed by atoms with Gasteiger partial charge in [-0.25, -0.2) is 0 Å². The molecule has 3 rings (SSSR count). The first-order chi connectivity index (χ1) is 16.5. The van der Waals surface area contributed by atoms with Gasteiger partial charge in [0.15, 0.2) is 0 Å². The topological polar surface area (TPSA) is 98.2 Å². The van der Waals surface area contributed by atoms with Gasteiger partial charge in [0.1, 0.15) is 6.04 Å². The average molecular weight is 588 g/mol. The van der Waals surface area contributed by atoms with Gasteiger partial charge in [-0.2, -0.15) is 0 Å². The first kappa shape index (κ1) is 29.5. The molecule has 3 fully saturated rings. The Kier molecular flexibility index (Phi) is 8.40. The highest BCUT2D eigenvalue weighted by Gasteiger charge is 2.76. The van der Waals surface area contributed by atoms with Crippen LogP contribution >= 0.6 is 27.7 Å². The molecule has 1 spiro atoms. The summed E-state index contributed by atoms with van der Waals surface area (Å²) < 4.78 is -0.850. The molecule has 36 heavy (non-hydrogen) atoms. The average Bonchev–Trinajstić information content (AvgIpc) is 3.31. The lowest BCUT2D eigenvalue weighted by Crippen LogP contribution is -2.62. The summed E-state index contributed by atoms with van der Waals surface area (Å²) in [5, 5.41) is 20.3. The van der Waals surface area contributed by atoms with Crippen LogP contribution in [0.15, 0.2) is 12.7 Å². The van der Waals surface area contributed by atoms with Crippen LogP contribution in [0.5, 0.6) is 0 Å². The van der Waals surface area contributed by atoms with Crippen LogP contribution in [0.4, 0.5) is 0 Å². The lowest BCUT2D eigenvalue weighted by molar-refractivity contribution is -0.151. The van der Waals surface area contributed by atoms with E-state index in [4.69, 9.17) is 0 Å². The van der Waals surface area contributed by atoms with E-state index in [1.807, 2.05) is 32.6 Å². The standard InChI is InChI=1S/C27H43BrN2O5S/c1-9-10-29(26(7,8)14-25(4,5)6)23(33)21-27-12-17(28)20(36-27)18(24(34)35)19(27)22(32)30(21)16(13-31)11-15(2)3/h9,15-21,31H,1,10-14H2,2-8H3,(H,34,35)/t16-,17?,18-,19+,20-,21?,27?/m1/s1. The lowest BCUT2D eigenvalue weighted by atomic mass is 9.70. The van der Waals surface area contributed by atoms with Gasteiger partial charge < -0.3 is 20.0 Å². The monoisotopic (exact) mass is 586 g/mol. The first-order valence-corrected chi connectivity index (χ1v) is 14.7. The number of rotatable bonds is 10. The third-order valence-electron chi connectivity index (χ3n) is 7.87. The number of fused-ring (bicyclic) bond motifs is 1. The zero-order valence-corrected chi connectivity index (χ0v) is 25.1. The Bertz CT molecular complexity index is 903. The second-order valence-electron chi connectivity index (χ2n) is 13.0. The molecule has 0 aromatic heterocycles. The van der Waals surface area contributed by atoms with Crippen molar-refractivity contribution in [2.75, 3.05) is 13.2 Å². The Morgan fingerprint density at radius 2 is 1.92 bits per heavy atom. The van der Waals surface area contributed by atoms with E-state index in [1.165, 1.54) is 11.8 Å². The second-order valence-corrected chi connectivity index (χ2v) is 15.7. The van der Waals surface area contributed by atoms with Crippen LogP contribution in [0.25, 0.3) is 0 Å². The molecule has 0 aliphatic carbocycles. The third kappa shape index (κ3) is 5.00. The zero-order chi connectivity index (χ0) is 27.4. The number of carboxylic acids is 1. The number of likely N-dealkylation sites (tertiary alicyclic amines) is 1. The Morgan fingerprint density at radius 3 is 2.39 bits per heavy atom. The van der Waals surface area contributed by atoms with Crippen molar-refractivity contribution in [3.05, 3.63) is 12.7 Å². The van der Waals surface area contributed by atoms with Crippen molar-refractivity contribution in [2.45, 2.75) is 100 Å². The van der Waals surface area contributed by atoms with Crippen LogP contribution in [-0.2, 0) is 14.4 Å². The molecule has 3 saturated heterocycles. The highest BCUT2D eigenvalue weighted by Crippen LogP contribution is 2.68. The van der Waals surface area contributed by atoms with Crippen molar-refractivity contribution < 1.29 is 24.6 Å². The van der Waals surface area contributed by atoms with Crippen LogP contribution in [-0.4, -0.2) is 83.4 Å². The number of hydrogen-bond acceptors (Lipinski definition) is 5. The molecule has 2 bridgehead atoms. The number of carbonyl (C=O) groups is 3. The number of nitrogens with zero attached hydrogens (tertiary/aromatic N) is 2. The predicted molar refractivity (Wildman–Crippen MR) is 147 cm³/mol. The third-order valence-corrected chi connectivity index (χ3v) is 11.1. The van der Waals surface area contributed by atoms with E-state index >= 15 is 0 Å². The summed E-state index contributed by atoms with van der Waals surface area (Å²) in [7, 11) is 0. The molecule has 2 amide bonds. The Labute approximate surface area is 228 Å².